The summed E-state index contributed by atoms with van der Waals surface area (Å²) in [6.45, 7) is 0. The Labute approximate surface area is 138 Å². The van der Waals surface area contributed by atoms with Crippen molar-refractivity contribution in [2.24, 2.45) is 0 Å². The van der Waals surface area contributed by atoms with Crippen molar-refractivity contribution < 1.29 is 8.81 Å². The molecule has 0 unspecified atom stereocenters. The van der Waals surface area contributed by atoms with E-state index < -0.39 is 0 Å². The lowest BCUT2D eigenvalue weighted by atomic mass is 10.1. The zero-order valence-corrected chi connectivity index (χ0v) is 12.7. The summed E-state index contributed by atoms with van der Waals surface area (Å²) in [7, 11) is 0. The van der Waals surface area contributed by atoms with Crippen LogP contribution in [0.3, 0.4) is 0 Å². The molecule has 3 aromatic rings. The zero-order chi connectivity index (χ0) is 16.2. The van der Waals surface area contributed by atoms with E-state index in [4.69, 9.17) is 16.0 Å². The predicted octanol–water partition coefficient (Wildman–Crippen LogP) is 5.80. The van der Waals surface area contributed by atoms with Gasteiger partial charge in [-0.05, 0) is 60.2 Å². The van der Waals surface area contributed by atoms with E-state index in [-0.39, 0.29) is 5.82 Å². The Bertz CT molecular complexity index is 904. The first-order valence-electron chi connectivity index (χ1n) is 6.89. The van der Waals surface area contributed by atoms with Crippen LogP contribution in [0.15, 0.2) is 65.1 Å². The number of benzene rings is 2. The van der Waals surface area contributed by atoms with Crippen LogP contribution in [0.25, 0.3) is 23.0 Å². The van der Waals surface area contributed by atoms with Crippen LogP contribution in [0.4, 0.5) is 4.39 Å². The van der Waals surface area contributed by atoms with Gasteiger partial charge >= 0.3 is 0 Å². The standard InChI is InChI=1S/C19H11ClFNO/c20-16-3-1-2-14(10-16)15(12-22)11-18-8-9-19(23-18)13-4-6-17(21)7-5-13/h1-11H/b15-11-. The van der Waals surface area contributed by atoms with E-state index in [9.17, 15) is 9.65 Å². The average Bonchev–Trinajstić information content (AvgIpc) is 3.02. The van der Waals surface area contributed by atoms with Gasteiger partial charge < -0.3 is 4.42 Å². The summed E-state index contributed by atoms with van der Waals surface area (Å²) < 4.78 is 18.7. The predicted molar refractivity (Wildman–Crippen MR) is 89.0 cm³/mol. The maximum Gasteiger partial charge on any atom is 0.134 e. The fourth-order valence-corrected chi connectivity index (χ4v) is 2.37. The minimum atomic E-state index is -0.298. The van der Waals surface area contributed by atoms with Gasteiger partial charge in [-0.2, -0.15) is 5.26 Å². The van der Waals surface area contributed by atoms with Gasteiger partial charge in [0.2, 0.25) is 0 Å². The molecule has 0 aliphatic carbocycles. The molecule has 0 atom stereocenters. The lowest BCUT2D eigenvalue weighted by Crippen LogP contribution is -1.81. The summed E-state index contributed by atoms with van der Waals surface area (Å²) in [6, 6.07) is 18.8. The normalized spacial score (nSPS) is 11.3. The van der Waals surface area contributed by atoms with E-state index >= 15 is 0 Å². The first-order valence-corrected chi connectivity index (χ1v) is 7.27. The molecule has 0 saturated carbocycles. The number of allylic oxidation sites excluding steroid dienone is 1. The molecule has 0 amide bonds. The van der Waals surface area contributed by atoms with Gasteiger partial charge in [-0.25, -0.2) is 4.39 Å². The summed E-state index contributed by atoms with van der Waals surface area (Å²) in [4.78, 5) is 0. The Hall–Kier alpha value is -2.83. The second kappa shape index (κ2) is 6.51. The molecule has 0 radical (unpaired) electrons. The second-order valence-electron chi connectivity index (χ2n) is 4.89. The third kappa shape index (κ3) is 3.50. The molecule has 4 heteroatoms. The summed E-state index contributed by atoms with van der Waals surface area (Å²) in [6.07, 6.45) is 1.65. The van der Waals surface area contributed by atoms with Crippen molar-refractivity contribution in [2.75, 3.05) is 0 Å². The number of hydrogen-bond donors (Lipinski definition) is 0. The van der Waals surface area contributed by atoms with Gasteiger partial charge in [0.15, 0.2) is 0 Å². The number of hydrogen-bond acceptors (Lipinski definition) is 2. The molecular formula is C19H11ClFNO. The van der Waals surface area contributed by atoms with E-state index in [2.05, 4.69) is 6.07 Å². The van der Waals surface area contributed by atoms with Crippen LogP contribution in [0.2, 0.25) is 5.02 Å². The van der Waals surface area contributed by atoms with Gasteiger partial charge in [0.1, 0.15) is 17.3 Å². The Kier molecular flexibility index (Phi) is 4.27. The van der Waals surface area contributed by atoms with Crippen LogP contribution < -0.4 is 0 Å². The number of nitrogens with zero attached hydrogens (tertiary/aromatic N) is 1. The molecule has 23 heavy (non-hydrogen) atoms. The lowest BCUT2D eigenvalue weighted by Gasteiger charge is -1.99. The molecule has 112 valence electrons. The molecule has 0 saturated heterocycles. The first-order chi connectivity index (χ1) is 11.2. The van der Waals surface area contributed by atoms with Crippen LogP contribution in [0.1, 0.15) is 11.3 Å². The molecule has 0 fully saturated rings. The molecule has 2 nitrogen and oxygen atoms in total. The van der Waals surface area contributed by atoms with Crippen molar-refractivity contribution in [1.29, 1.82) is 5.26 Å². The highest BCUT2D eigenvalue weighted by Gasteiger charge is 2.06. The van der Waals surface area contributed by atoms with E-state index in [1.54, 1.807) is 48.5 Å². The number of furan rings is 1. The van der Waals surface area contributed by atoms with Gasteiger partial charge in [0, 0.05) is 10.6 Å². The third-order valence-electron chi connectivity index (χ3n) is 3.30. The van der Waals surface area contributed by atoms with Crippen molar-refractivity contribution in [3.05, 3.63) is 82.8 Å². The van der Waals surface area contributed by atoms with Crippen molar-refractivity contribution in [3.63, 3.8) is 0 Å². The van der Waals surface area contributed by atoms with Gasteiger partial charge in [-0.3, -0.25) is 0 Å². The smallest absolute Gasteiger partial charge is 0.134 e. The Balaban J connectivity index is 1.93. The molecule has 3 rings (SSSR count). The Morgan fingerprint density at radius 1 is 1.09 bits per heavy atom. The van der Waals surface area contributed by atoms with Crippen LogP contribution in [-0.2, 0) is 0 Å². The SMILES string of the molecule is N#C/C(=C/c1ccc(-c2ccc(F)cc2)o1)c1cccc(Cl)c1. The minimum Gasteiger partial charge on any atom is -0.457 e. The molecular weight excluding hydrogens is 313 g/mol. The lowest BCUT2D eigenvalue weighted by molar-refractivity contribution is 0.571. The summed E-state index contributed by atoms with van der Waals surface area (Å²) in [5.41, 5.74) is 1.94. The molecule has 0 bridgehead atoms. The maximum atomic E-state index is 13.0. The minimum absolute atomic E-state index is 0.298. The van der Waals surface area contributed by atoms with E-state index in [1.807, 2.05) is 6.07 Å². The largest absolute Gasteiger partial charge is 0.457 e. The van der Waals surface area contributed by atoms with Crippen molar-refractivity contribution >= 4 is 23.3 Å². The number of halogens is 2. The summed E-state index contributed by atoms with van der Waals surface area (Å²) in [5.74, 6) is 0.855. The fraction of sp³-hybridized carbons (Fsp3) is 0. The maximum absolute atomic E-state index is 13.0. The van der Waals surface area contributed by atoms with E-state index in [0.29, 0.717) is 22.1 Å². The summed E-state index contributed by atoms with van der Waals surface area (Å²) >= 11 is 5.96. The van der Waals surface area contributed by atoms with Crippen LogP contribution >= 0.6 is 11.6 Å². The van der Waals surface area contributed by atoms with Crippen molar-refractivity contribution in [2.45, 2.75) is 0 Å². The van der Waals surface area contributed by atoms with Gasteiger partial charge in [-0.1, -0.05) is 23.7 Å². The van der Waals surface area contributed by atoms with Crippen molar-refractivity contribution in [1.82, 2.24) is 0 Å². The summed E-state index contributed by atoms with van der Waals surface area (Å²) in [5, 5.41) is 9.91. The molecule has 1 heterocycles. The quantitative estimate of drug-likeness (QED) is 0.571. The topological polar surface area (TPSA) is 36.9 Å². The highest BCUT2D eigenvalue weighted by atomic mass is 35.5. The Morgan fingerprint density at radius 2 is 1.87 bits per heavy atom. The monoisotopic (exact) mass is 323 g/mol. The van der Waals surface area contributed by atoms with Crippen LogP contribution in [-0.4, -0.2) is 0 Å². The van der Waals surface area contributed by atoms with Crippen molar-refractivity contribution in [3.8, 4) is 17.4 Å². The number of rotatable bonds is 3. The van der Waals surface area contributed by atoms with Crippen LogP contribution in [0.5, 0.6) is 0 Å². The van der Waals surface area contributed by atoms with E-state index in [1.165, 1.54) is 12.1 Å². The molecule has 1 aromatic heterocycles. The first kappa shape index (κ1) is 15.1. The number of nitriles is 1. The zero-order valence-electron chi connectivity index (χ0n) is 12.0. The molecule has 0 aliphatic rings. The van der Waals surface area contributed by atoms with Crippen LogP contribution in [0, 0.1) is 17.1 Å². The molecule has 0 aliphatic heterocycles. The highest BCUT2D eigenvalue weighted by Crippen LogP contribution is 2.26. The second-order valence-corrected chi connectivity index (χ2v) is 5.33. The highest BCUT2D eigenvalue weighted by molar-refractivity contribution is 6.30. The third-order valence-corrected chi connectivity index (χ3v) is 3.53. The fourth-order valence-electron chi connectivity index (χ4n) is 2.18. The molecule has 0 N–H and O–H groups in total. The molecule has 2 aromatic carbocycles. The van der Waals surface area contributed by atoms with Gasteiger partial charge in [-0.15, -0.1) is 0 Å². The van der Waals surface area contributed by atoms with E-state index in [0.717, 1.165) is 11.1 Å². The van der Waals surface area contributed by atoms with Gasteiger partial charge in [0.25, 0.3) is 0 Å². The Morgan fingerprint density at radius 3 is 2.57 bits per heavy atom. The molecule has 0 spiro atoms. The van der Waals surface area contributed by atoms with Gasteiger partial charge in [0.05, 0.1) is 11.6 Å². The average molecular weight is 324 g/mol.